The standard InChI is InChI=1S/C27H48O/c1-18(11-13-25(2,3)4)23-10-9-20-15-19-7-8-21-16-22(28)12-14-26(21,5)24(19)17-27(20,23)6/h18-24,28H,7-17H2,1-6H3/t18-,19+,20-,21-,22-,23-,24?,26+,27+/m1/s1. The molecule has 4 fully saturated rings. The SMILES string of the molecule is C[C@H](CCC(C)(C)C)[C@H]1CC[C@@H]2C[C@@H]3CC[C@@H]4C[C@H](O)CC[C@]4(C)C3C[C@@]21C. The smallest absolute Gasteiger partial charge is 0.0543 e. The van der Waals surface area contributed by atoms with Crippen LogP contribution in [0.2, 0.25) is 0 Å². The molecule has 4 rings (SSSR count). The fourth-order valence-corrected chi connectivity index (χ4v) is 8.85. The Bertz CT molecular complexity index is 561. The van der Waals surface area contributed by atoms with Crippen molar-refractivity contribution in [2.75, 3.05) is 0 Å². The van der Waals surface area contributed by atoms with Gasteiger partial charge in [-0.1, -0.05) is 41.5 Å². The van der Waals surface area contributed by atoms with Gasteiger partial charge in [0.1, 0.15) is 0 Å². The number of hydrogen-bond acceptors (Lipinski definition) is 1. The predicted octanol–water partition coefficient (Wildman–Crippen LogP) is 7.47. The first kappa shape index (κ1) is 21.2. The van der Waals surface area contributed by atoms with Crippen LogP contribution in [-0.4, -0.2) is 11.2 Å². The Morgan fingerprint density at radius 1 is 0.929 bits per heavy atom. The van der Waals surface area contributed by atoms with Crippen LogP contribution in [0, 0.1) is 51.8 Å². The van der Waals surface area contributed by atoms with E-state index in [2.05, 4.69) is 41.5 Å². The van der Waals surface area contributed by atoms with Gasteiger partial charge in [0.2, 0.25) is 0 Å². The van der Waals surface area contributed by atoms with Gasteiger partial charge in [0.05, 0.1) is 6.10 Å². The van der Waals surface area contributed by atoms with E-state index >= 15 is 0 Å². The molecule has 0 aliphatic heterocycles. The van der Waals surface area contributed by atoms with Gasteiger partial charge in [-0.05, 0) is 122 Å². The lowest BCUT2D eigenvalue weighted by atomic mass is 9.44. The zero-order valence-electron chi connectivity index (χ0n) is 19.8. The minimum atomic E-state index is -0.0156. The summed E-state index contributed by atoms with van der Waals surface area (Å²) >= 11 is 0. The summed E-state index contributed by atoms with van der Waals surface area (Å²) in [4.78, 5) is 0. The maximum absolute atomic E-state index is 10.3. The van der Waals surface area contributed by atoms with Gasteiger partial charge in [-0.3, -0.25) is 0 Å². The van der Waals surface area contributed by atoms with Crippen molar-refractivity contribution in [3.8, 4) is 0 Å². The average molecular weight is 389 g/mol. The summed E-state index contributed by atoms with van der Waals surface area (Å²) in [6.45, 7) is 15.2. The van der Waals surface area contributed by atoms with E-state index in [9.17, 15) is 5.11 Å². The Kier molecular flexibility index (Phi) is 5.51. The normalized spacial score (nSPS) is 49.8. The second kappa shape index (κ2) is 7.28. The Morgan fingerprint density at radius 3 is 2.32 bits per heavy atom. The van der Waals surface area contributed by atoms with Crippen molar-refractivity contribution in [2.45, 2.75) is 118 Å². The van der Waals surface area contributed by atoms with Crippen molar-refractivity contribution in [3.63, 3.8) is 0 Å². The number of aliphatic hydroxyl groups is 1. The molecule has 4 aliphatic carbocycles. The molecule has 0 radical (unpaired) electrons. The fourth-order valence-electron chi connectivity index (χ4n) is 8.85. The summed E-state index contributed by atoms with van der Waals surface area (Å²) in [6.07, 6.45) is 15.1. The lowest BCUT2D eigenvalue weighted by molar-refractivity contribution is -0.125. The molecule has 162 valence electrons. The summed E-state index contributed by atoms with van der Waals surface area (Å²) in [6, 6.07) is 0. The minimum absolute atomic E-state index is 0.0156. The zero-order valence-corrected chi connectivity index (χ0v) is 19.8. The third-order valence-corrected chi connectivity index (χ3v) is 10.7. The first-order valence-corrected chi connectivity index (χ1v) is 12.7. The van der Waals surface area contributed by atoms with Gasteiger partial charge in [0.25, 0.3) is 0 Å². The number of rotatable bonds is 3. The van der Waals surface area contributed by atoms with E-state index in [-0.39, 0.29) is 6.10 Å². The Hall–Kier alpha value is -0.0400. The molecule has 0 heterocycles. The maximum Gasteiger partial charge on any atom is 0.0543 e. The Labute approximate surface area is 175 Å². The Balaban J connectivity index is 1.52. The van der Waals surface area contributed by atoms with Gasteiger partial charge >= 0.3 is 0 Å². The van der Waals surface area contributed by atoms with Crippen molar-refractivity contribution in [1.82, 2.24) is 0 Å². The van der Waals surface area contributed by atoms with Crippen molar-refractivity contribution in [3.05, 3.63) is 0 Å². The molecule has 0 saturated heterocycles. The van der Waals surface area contributed by atoms with Crippen LogP contribution < -0.4 is 0 Å². The van der Waals surface area contributed by atoms with Gasteiger partial charge in [-0.25, -0.2) is 0 Å². The highest BCUT2D eigenvalue weighted by atomic mass is 16.3. The van der Waals surface area contributed by atoms with E-state index in [0.29, 0.717) is 16.2 Å². The van der Waals surface area contributed by atoms with E-state index in [0.717, 1.165) is 48.3 Å². The van der Waals surface area contributed by atoms with Crippen molar-refractivity contribution < 1.29 is 5.11 Å². The Morgan fingerprint density at radius 2 is 1.61 bits per heavy atom. The van der Waals surface area contributed by atoms with Crippen molar-refractivity contribution >= 4 is 0 Å². The average Bonchev–Trinajstić information content (AvgIpc) is 2.95. The summed E-state index contributed by atoms with van der Waals surface area (Å²) in [5, 5.41) is 10.3. The van der Waals surface area contributed by atoms with E-state index in [4.69, 9.17) is 0 Å². The molecule has 0 bridgehead atoms. The molecule has 1 N–H and O–H groups in total. The summed E-state index contributed by atoms with van der Waals surface area (Å²) < 4.78 is 0. The zero-order chi connectivity index (χ0) is 20.3. The largest absolute Gasteiger partial charge is 0.393 e. The molecule has 28 heavy (non-hydrogen) atoms. The van der Waals surface area contributed by atoms with Crippen LogP contribution in [0.25, 0.3) is 0 Å². The lowest BCUT2D eigenvalue weighted by Gasteiger charge is -2.61. The van der Waals surface area contributed by atoms with Crippen LogP contribution in [0.5, 0.6) is 0 Å². The summed E-state index contributed by atoms with van der Waals surface area (Å²) in [5.74, 6) is 5.51. The molecule has 0 aromatic rings. The number of hydrogen-bond donors (Lipinski definition) is 1. The molecule has 0 aromatic carbocycles. The molecule has 4 saturated carbocycles. The second-order valence-corrected chi connectivity index (χ2v) is 13.5. The molecule has 1 nitrogen and oxygen atoms in total. The molecule has 0 amide bonds. The molecule has 1 heteroatoms. The van der Waals surface area contributed by atoms with Crippen LogP contribution in [0.15, 0.2) is 0 Å². The number of fused-ring (bicyclic) bond motifs is 4. The lowest BCUT2D eigenvalue weighted by Crippen LogP contribution is -2.53. The van der Waals surface area contributed by atoms with Gasteiger partial charge < -0.3 is 5.11 Å². The van der Waals surface area contributed by atoms with E-state index < -0.39 is 0 Å². The number of aliphatic hydroxyl groups excluding tert-OH is 1. The van der Waals surface area contributed by atoms with Crippen LogP contribution in [0.1, 0.15) is 112 Å². The highest BCUT2D eigenvalue weighted by Crippen LogP contribution is 2.67. The molecule has 0 aromatic heterocycles. The molecule has 0 spiro atoms. The van der Waals surface area contributed by atoms with Crippen molar-refractivity contribution in [2.24, 2.45) is 51.8 Å². The summed E-state index contributed by atoms with van der Waals surface area (Å²) in [5.41, 5.74) is 1.56. The molecule has 4 aliphatic rings. The first-order valence-electron chi connectivity index (χ1n) is 12.7. The van der Waals surface area contributed by atoms with E-state index in [1.54, 1.807) is 0 Å². The second-order valence-electron chi connectivity index (χ2n) is 13.5. The van der Waals surface area contributed by atoms with E-state index in [1.807, 2.05) is 0 Å². The van der Waals surface area contributed by atoms with E-state index in [1.165, 1.54) is 57.8 Å². The summed E-state index contributed by atoms with van der Waals surface area (Å²) in [7, 11) is 0. The predicted molar refractivity (Wildman–Crippen MR) is 119 cm³/mol. The molecule has 9 atom stereocenters. The maximum atomic E-state index is 10.3. The fraction of sp³-hybridized carbons (Fsp3) is 1.00. The third kappa shape index (κ3) is 3.61. The third-order valence-electron chi connectivity index (χ3n) is 10.7. The van der Waals surface area contributed by atoms with Gasteiger partial charge in [0, 0.05) is 0 Å². The topological polar surface area (TPSA) is 20.2 Å². The van der Waals surface area contributed by atoms with Crippen molar-refractivity contribution in [1.29, 1.82) is 0 Å². The quantitative estimate of drug-likeness (QED) is 0.531. The van der Waals surface area contributed by atoms with Crippen LogP contribution in [0.4, 0.5) is 0 Å². The minimum Gasteiger partial charge on any atom is -0.393 e. The first-order chi connectivity index (χ1) is 13.0. The van der Waals surface area contributed by atoms with Gasteiger partial charge in [-0.2, -0.15) is 0 Å². The molecular weight excluding hydrogens is 340 g/mol. The highest BCUT2D eigenvalue weighted by Gasteiger charge is 2.59. The van der Waals surface area contributed by atoms with Crippen LogP contribution >= 0.6 is 0 Å². The van der Waals surface area contributed by atoms with Crippen LogP contribution in [-0.2, 0) is 0 Å². The van der Waals surface area contributed by atoms with Gasteiger partial charge in [-0.15, -0.1) is 0 Å². The monoisotopic (exact) mass is 388 g/mol. The highest BCUT2D eigenvalue weighted by molar-refractivity contribution is 5.09. The van der Waals surface area contributed by atoms with Gasteiger partial charge in [0.15, 0.2) is 0 Å². The molecule has 1 unspecified atom stereocenters. The molecular formula is C27H48O. The van der Waals surface area contributed by atoms with Crippen LogP contribution in [0.3, 0.4) is 0 Å².